The minimum atomic E-state index is -0.287. The number of hydrogen-bond acceptors (Lipinski definition) is 1. The van der Waals surface area contributed by atoms with E-state index in [1.54, 1.807) is 18.2 Å². The lowest BCUT2D eigenvalue weighted by atomic mass is 10.2. The topological polar surface area (TPSA) is 23.8 Å². The van der Waals surface area contributed by atoms with Crippen molar-refractivity contribution in [1.82, 2.24) is 0 Å². The average molecular weight is 147 g/mol. The molecule has 0 N–H and O–H groups in total. The van der Waals surface area contributed by atoms with Gasteiger partial charge in [0.05, 0.1) is 6.07 Å². The fourth-order valence-electron chi connectivity index (χ4n) is 0.744. The Hall–Kier alpha value is -1.62. The van der Waals surface area contributed by atoms with Crippen molar-refractivity contribution >= 4 is 6.08 Å². The molecule has 0 spiro atoms. The maximum atomic E-state index is 12.5. The summed E-state index contributed by atoms with van der Waals surface area (Å²) < 4.78 is 12.5. The highest BCUT2D eigenvalue weighted by molar-refractivity contribution is 5.51. The Morgan fingerprint density at radius 2 is 2.27 bits per heavy atom. The second-order valence-corrected chi connectivity index (χ2v) is 2.02. The van der Waals surface area contributed by atoms with Crippen LogP contribution in [-0.4, -0.2) is 0 Å². The highest BCUT2D eigenvalue weighted by Crippen LogP contribution is 2.04. The van der Waals surface area contributed by atoms with Crippen LogP contribution in [0.4, 0.5) is 4.39 Å². The molecule has 0 bridgehead atoms. The zero-order valence-electron chi connectivity index (χ0n) is 5.79. The third kappa shape index (κ3) is 2.23. The van der Waals surface area contributed by atoms with Crippen LogP contribution in [0.25, 0.3) is 6.08 Å². The lowest BCUT2D eigenvalue weighted by molar-refractivity contribution is 0.627. The third-order valence-electron chi connectivity index (χ3n) is 1.20. The van der Waals surface area contributed by atoms with Crippen molar-refractivity contribution in [1.29, 1.82) is 5.26 Å². The maximum Gasteiger partial charge on any atom is 0.123 e. The molecule has 0 heterocycles. The van der Waals surface area contributed by atoms with E-state index in [1.807, 2.05) is 6.07 Å². The predicted octanol–water partition coefficient (Wildman–Crippen LogP) is 2.36. The summed E-state index contributed by atoms with van der Waals surface area (Å²) >= 11 is 0. The van der Waals surface area contributed by atoms with Gasteiger partial charge < -0.3 is 0 Å². The fraction of sp³-hybridized carbons (Fsp3) is 0. The van der Waals surface area contributed by atoms with Gasteiger partial charge in [0.1, 0.15) is 5.82 Å². The first kappa shape index (κ1) is 7.49. The molecule has 0 saturated heterocycles. The Labute approximate surface area is 64.4 Å². The third-order valence-corrected chi connectivity index (χ3v) is 1.20. The van der Waals surface area contributed by atoms with E-state index < -0.39 is 0 Å². The number of benzene rings is 1. The van der Waals surface area contributed by atoms with Gasteiger partial charge in [-0.3, -0.25) is 0 Å². The van der Waals surface area contributed by atoms with Gasteiger partial charge in [-0.05, 0) is 23.8 Å². The van der Waals surface area contributed by atoms with E-state index in [0.717, 1.165) is 0 Å². The van der Waals surface area contributed by atoms with Crippen molar-refractivity contribution in [3.63, 3.8) is 0 Å². The van der Waals surface area contributed by atoms with Gasteiger partial charge in [-0.25, -0.2) is 4.39 Å². The van der Waals surface area contributed by atoms with Gasteiger partial charge in [0.2, 0.25) is 0 Å². The summed E-state index contributed by atoms with van der Waals surface area (Å²) in [6.45, 7) is 0. The quantitative estimate of drug-likeness (QED) is 0.559. The molecule has 0 aromatic heterocycles. The number of allylic oxidation sites excluding steroid dienone is 1. The molecule has 0 aliphatic rings. The van der Waals surface area contributed by atoms with Crippen LogP contribution in [0.3, 0.4) is 0 Å². The number of rotatable bonds is 1. The van der Waals surface area contributed by atoms with E-state index in [0.29, 0.717) is 5.56 Å². The smallest absolute Gasteiger partial charge is 0.123 e. The molecule has 0 amide bonds. The second kappa shape index (κ2) is 3.52. The van der Waals surface area contributed by atoms with E-state index in [4.69, 9.17) is 5.26 Å². The van der Waals surface area contributed by atoms with E-state index in [2.05, 4.69) is 0 Å². The van der Waals surface area contributed by atoms with Crippen LogP contribution < -0.4 is 0 Å². The molecule has 0 aliphatic carbocycles. The highest BCUT2D eigenvalue weighted by atomic mass is 19.1. The van der Waals surface area contributed by atoms with Crippen LogP contribution >= 0.6 is 0 Å². The van der Waals surface area contributed by atoms with E-state index in [9.17, 15) is 4.39 Å². The Morgan fingerprint density at radius 1 is 1.45 bits per heavy atom. The van der Waals surface area contributed by atoms with Gasteiger partial charge >= 0.3 is 0 Å². The van der Waals surface area contributed by atoms with E-state index >= 15 is 0 Å². The largest absolute Gasteiger partial charge is 0.207 e. The van der Waals surface area contributed by atoms with Gasteiger partial charge in [0.25, 0.3) is 0 Å². The maximum absolute atomic E-state index is 12.5. The number of hydrogen-bond donors (Lipinski definition) is 0. The first-order valence-corrected chi connectivity index (χ1v) is 3.14. The van der Waals surface area contributed by atoms with Crippen LogP contribution in [0.5, 0.6) is 0 Å². The first-order valence-electron chi connectivity index (χ1n) is 3.14. The SMILES string of the molecule is N#C/C=C\c1cccc(F)c1. The van der Waals surface area contributed by atoms with Gasteiger partial charge in [-0.15, -0.1) is 0 Å². The van der Waals surface area contributed by atoms with Crippen molar-refractivity contribution in [2.75, 3.05) is 0 Å². The number of nitrogens with zero attached hydrogens (tertiary/aromatic N) is 1. The molecule has 0 atom stereocenters. The highest BCUT2D eigenvalue weighted by Gasteiger charge is 1.88. The van der Waals surface area contributed by atoms with Gasteiger partial charge in [-0.2, -0.15) is 5.26 Å². The summed E-state index contributed by atoms with van der Waals surface area (Å²) in [7, 11) is 0. The van der Waals surface area contributed by atoms with Crippen LogP contribution in [0, 0.1) is 17.1 Å². The molecule has 11 heavy (non-hydrogen) atoms. The minimum Gasteiger partial charge on any atom is -0.207 e. The zero-order valence-corrected chi connectivity index (χ0v) is 5.79. The second-order valence-electron chi connectivity index (χ2n) is 2.02. The van der Waals surface area contributed by atoms with Crippen LogP contribution in [0.1, 0.15) is 5.56 Å². The molecule has 0 saturated carbocycles. The lowest BCUT2D eigenvalue weighted by Gasteiger charge is -1.90. The van der Waals surface area contributed by atoms with Crippen molar-refractivity contribution in [3.05, 3.63) is 41.7 Å². The molecule has 1 aromatic rings. The van der Waals surface area contributed by atoms with Crippen molar-refractivity contribution in [2.24, 2.45) is 0 Å². The normalized spacial score (nSPS) is 9.82. The zero-order chi connectivity index (χ0) is 8.10. The first-order chi connectivity index (χ1) is 5.33. The van der Waals surface area contributed by atoms with Crippen molar-refractivity contribution < 1.29 is 4.39 Å². The Balaban J connectivity index is 2.90. The summed E-state index contributed by atoms with van der Waals surface area (Å²) in [5.74, 6) is -0.287. The molecule has 0 radical (unpaired) electrons. The van der Waals surface area contributed by atoms with Gasteiger partial charge in [-0.1, -0.05) is 12.1 Å². The minimum absolute atomic E-state index is 0.287. The van der Waals surface area contributed by atoms with Crippen LogP contribution in [-0.2, 0) is 0 Å². The monoisotopic (exact) mass is 147 g/mol. The Kier molecular flexibility index (Phi) is 2.40. The van der Waals surface area contributed by atoms with Crippen molar-refractivity contribution in [3.8, 4) is 6.07 Å². The number of nitriles is 1. The summed E-state index contributed by atoms with van der Waals surface area (Å²) in [6.07, 6.45) is 2.87. The molecule has 1 nitrogen and oxygen atoms in total. The standard InChI is InChI=1S/C9H6FN/c10-9-5-1-3-8(7-9)4-2-6-11/h1-5,7H/b4-2-. The molecular formula is C9H6FN. The van der Waals surface area contributed by atoms with Gasteiger partial charge in [0, 0.05) is 6.08 Å². The molecule has 1 aromatic carbocycles. The molecule has 54 valence electrons. The van der Waals surface area contributed by atoms with E-state index in [-0.39, 0.29) is 5.82 Å². The predicted molar refractivity (Wildman–Crippen MR) is 41.0 cm³/mol. The molecule has 0 aliphatic heterocycles. The molecule has 1 rings (SSSR count). The summed E-state index contributed by atoms with van der Waals surface area (Å²) in [4.78, 5) is 0. The fourth-order valence-corrected chi connectivity index (χ4v) is 0.744. The molecule has 0 unspecified atom stereocenters. The lowest BCUT2D eigenvalue weighted by Crippen LogP contribution is -1.74. The van der Waals surface area contributed by atoms with Crippen LogP contribution in [0.2, 0.25) is 0 Å². The summed E-state index contributed by atoms with van der Waals surface area (Å²) in [5, 5.41) is 8.17. The Bertz CT molecular complexity index is 310. The van der Waals surface area contributed by atoms with Crippen LogP contribution in [0.15, 0.2) is 30.3 Å². The average Bonchev–Trinajstić information content (AvgIpc) is 2.01. The summed E-state index contributed by atoms with van der Waals surface area (Å²) in [6, 6.07) is 7.90. The Morgan fingerprint density at radius 3 is 2.91 bits per heavy atom. The van der Waals surface area contributed by atoms with Gasteiger partial charge in [0.15, 0.2) is 0 Å². The summed E-state index contributed by atoms with van der Waals surface area (Å²) in [5.41, 5.74) is 0.701. The molecule has 2 heteroatoms. The molecular weight excluding hydrogens is 141 g/mol. The van der Waals surface area contributed by atoms with Crippen molar-refractivity contribution in [2.45, 2.75) is 0 Å². The molecule has 0 fully saturated rings. The van der Waals surface area contributed by atoms with E-state index in [1.165, 1.54) is 18.2 Å². The number of halogens is 1.